The largest absolute Gasteiger partial charge is 0.539 e. The van der Waals surface area contributed by atoms with Crippen LogP contribution in [-0.2, 0) is 14.4 Å². The van der Waals surface area contributed by atoms with E-state index < -0.39 is 23.9 Å². The third kappa shape index (κ3) is 13.8. The van der Waals surface area contributed by atoms with Crippen LogP contribution in [0, 0.1) is 12.8 Å². The van der Waals surface area contributed by atoms with Crippen molar-refractivity contribution in [3.63, 3.8) is 0 Å². The van der Waals surface area contributed by atoms with Crippen molar-refractivity contribution in [3.05, 3.63) is 89.5 Å². The topological polar surface area (TPSA) is 185 Å². The fraction of sp³-hybridized carbons (Fsp3) is 0.161. The number of aromatic hydroxyl groups is 2. The number of carbonyl (C=O) groups is 6. The zero-order valence-corrected chi connectivity index (χ0v) is 24.7. The van der Waals surface area contributed by atoms with Gasteiger partial charge in [-0.1, -0.05) is 5.06 Å². The van der Waals surface area contributed by atoms with Gasteiger partial charge in [-0.3, -0.25) is 24.0 Å². The number of ketones is 2. The van der Waals surface area contributed by atoms with Gasteiger partial charge >= 0.3 is 12.1 Å². The molecule has 0 unspecified atom stereocenters. The molecule has 1 saturated heterocycles. The first-order chi connectivity index (χ1) is 21.7. The van der Waals surface area contributed by atoms with Crippen molar-refractivity contribution < 1.29 is 55.0 Å². The third-order valence-electron chi connectivity index (χ3n) is 5.02. The first-order valence-electron chi connectivity index (χ1n) is 13.2. The van der Waals surface area contributed by atoms with Crippen LogP contribution in [0.1, 0.15) is 59.1 Å². The second kappa shape index (κ2) is 20.3. The number of phenols is 2. The van der Waals surface area contributed by atoms with E-state index in [0.717, 1.165) is 12.5 Å². The van der Waals surface area contributed by atoms with Gasteiger partial charge < -0.3 is 20.1 Å². The number of hydrogen-bond donors (Lipinski definition) is 4. The minimum absolute atomic E-state index is 0.0133. The summed E-state index contributed by atoms with van der Waals surface area (Å²) in [6, 6.07) is 17.3. The average Bonchev–Trinajstić information content (AvgIpc) is 3.31. The second-order valence-electron chi connectivity index (χ2n) is 8.06. The molecule has 13 heteroatoms. The Hall–Kier alpha value is -5.61. The van der Waals surface area contributed by atoms with E-state index in [1.165, 1.54) is 80.9 Å². The quantitative estimate of drug-likeness (QED) is 0.0749. The van der Waals surface area contributed by atoms with Gasteiger partial charge in [-0.2, -0.15) is 12.5 Å². The number of carbonyl (C=O) groups excluding carboxylic acids is 5. The van der Waals surface area contributed by atoms with E-state index >= 15 is 0 Å². The molecule has 3 aromatic rings. The minimum Gasteiger partial charge on any atom is -0.508 e. The molecule has 0 aromatic heterocycles. The van der Waals surface area contributed by atoms with E-state index in [4.69, 9.17) is 22.6 Å². The van der Waals surface area contributed by atoms with Gasteiger partial charge in [0.2, 0.25) is 0 Å². The Morgan fingerprint density at radius 1 is 0.795 bits per heavy atom. The van der Waals surface area contributed by atoms with Gasteiger partial charge in [0.15, 0.2) is 11.6 Å². The predicted molar refractivity (Wildman–Crippen MR) is 163 cm³/mol. The highest BCUT2D eigenvalue weighted by atomic mass is 32.1. The monoisotopic (exact) mass is 627 g/mol. The summed E-state index contributed by atoms with van der Waals surface area (Å²) in [6.45, 7) is 2.90. The maximum Gasteiger partial charge on any atom is 0.539 e. The number of ether oxygens (including phenoxy) is 1. The number of benzene rings is 3. The van der Waals surface area contributed by atoms with Crippen LogP contribution in [0.25, 0.3) is 0 Å². The first-order valence-corrected chi connectivity index (χ1v) is 13.1. The van der Waals surface area contributed by atoms with Crippen molar-refractivity contribution in [2.45, 2.75) is 26.7 Å². The molecule has 2 amide bonds. The third-order valence-corrected chi connectivity index (χ3v) is 5.02. The first kappa shape index (κ1) is 34.6. The van der Waals surface area contributed by atoms with Crippen molar-refractivity contribution in [2.75, 3.05) is 6.26 Å². The lowest BCUT2D eigenvalue weighted by Gasteiger charge is -2.12. The van der Waals surface area contributed by atoms with Crippen LogP contribution in [0.4, 0.5) is 4.79 Å². The van der Waals surface area contributed by atoms with Crippen molar-refractivity contribution in [2.24, 2.45) is 0 Å². The number of aromatic carboxylic acids is 1. The van der Waals surface area contributed by atoms with Crippen molar-refractivity contribution in [1.82, 2.24) is 5.06 Å². The molecule has 0 saturated carbocycles. The predicted octanol–water partition coefficient (Wildman–Crippen LogP) is 4.95. The molecule has 0 spiro atoms. The molecule has 12 nitrogen and oxygen atoms in total. The van der Waals surface area contributed by atoms with Crippen LogP contribution in [0.3, 0.4) is 0 Å². The molecule has 44 heavy (non-hydrogen) atoms. The second-order valence-corrected chi connectivity index (χ2v) is 8.06. The van der Waals surface area contributed by atoms with Crippen LogP contribution in [0.15, 0.2) is 72.8 Å². The molecule has 0 atom stereocenters. The number of terminal acetylenes is 1. The lowest BCUT2D eigenvalue weighted by molar-refractivity contribution is -0.174. The van der Waals surface area contributed by atoms with Crippen LogP contribution in [-0.4, -0.2) is 63.3 Å². The summed E-state index contributed by atoms with van der Waals surface area (Å²) >= 11 is 1.000. The van der Waals surface area contributed by atoms with Gasteiger partial charge in [0, 0.05) is 24.0 Å². The molecule has 4 rings (SSSR count). The van der Waals surface area contributed by atoms with Gasteiger partial charge in [0.05, 0.1) is 5.56 Å². The number of carboxylic acids is 1. The maximum absolute atomic E-state index is 11.4. The van der Waals surface area contributed by atoms with E-state index in [-0.39, 0.29) is 47.2 Å². The molecule has 0 radical (unpaired) electrons. The van der Waals surface area contributed by atoms with Gasteiger partial charge in [-0.05, 0) is 92.9 Å². The van der Waals surface area contributed by atoms with E-state index in [1.54, 1.807) is 18.4 Å². The number of Topliss-reactive ketones (excluding diaryl/α,β-unsaturated/α-hetero) is 2. The number of imide groups is 1. The number of carboxylic acid groups (broad SMARTS) is 1. The standard InChI is InChI=1S/C13H11NO6.C8H8O2.C7H6O3.C2H2.CH4S/c1-8(15)9-2-4-10(5-3-9)19-13(18)20-14-11(16)6-7-12(14)17;1-6(9)7-2-4-8(10)5-3-7;8-6-3-1-5(2-4-6)7(9)10;2*1-2/h2-5H,6-7H2,1H3;2-5,10H,1H3;1-4,8H,(H,9,10);1-2H;2H,1H3/i;;;1D;/hD. The van der Waals surface area contributed by atoms with E-state index in [1.807, 2.05) is 0 Å². The van der Waals surface area contributed by atoms with E-state index in [9.17, 15) is 28.8 Å². The zero-order chi connectivity index (χ0) is 35.2. The summed E-state index contributed by atoms with van der Waals surface area (Å²) in [5, 5.41) is 26.4. The molecular formula is C31H31NO11S. The normalized spacial score (nSPS) is 11.4. The van der Waals surface area contributed by atoms with Crippen LogP contribution in [0.5, 0.6) is 17.2 Å². The van der Waals surface area contributed by atoms with Crippen molar-refractivity contribution in [3.8, 4) is 30.1 Å². The molecule has 1 aliphatic heterocycles. The van der Waals surface area contributed by atoms with Crippen LogP contribution in [0.2, 0.25) is 0 Å². The SMILES string of the molecule is CC(=O)c1ccc(O)cc1.CC(=O)c1ccc(OC(=O)ON2C(=O)CCC2=O)cc1.O=C(O)c1ccc(O)cc1.[2H]C#C.[2H]SC. The molecular weight excluding hydrogens is 594 g/mol. The highest BCUT2D eigenvalue weighted by Gasteiger charge is 2.33. The highest BCUT2D eigenvalue weighted by molar-refractivity contribution is 7.79. The summed E-state index contributed by atoms with van der Waals surface area (Å²) < 4.78 is 16.7. The fourth-order valence-corrected chi connectivity index (χ4v) is 2.91. The Kier molecular flexibility index (Phi) is 16.0. The summed E-state index contributed by atoms with van der Waals surface area (Å²) in [5.74, 6) is -1.86. The van der Waals surface area contributed by atoms with Crippen molar-refractivity contribution >= 4 is 48.0 Å². The Morgan fingerprint density at radius 3 is 1.48 bits per heavy atom. The lowest BCUT2D eigenvalue weighted by Crippen LogP contribution is -2.33. The average molecular weight is 628 g/mol. The lowest BCUT2D eigenvalue weighted by atomic mass is 10.1. The Balaban J connectivity index is 0.000000655. The Morgan fingerprint density at radius 2 is 1.14 bits per heavy atom. The molecule has 3 N–H and O–H groups in total. The summed E-state index contributed by atoms with van der Waals surface area (Å²) in [4.78, 5) is 70.4. The Labute approximate surface area is 261 Å². The smallest absolute Gasteiger partial charge is 0.508 e. The van der Waals surface area contributed by atoms with Gasteiger partial charge in [-0.25, -0.2) is 9.59 Å². The number of rotatable bonds is 5. The fourth-order valence-electron chi connectivity index (χ4n) is 2.91. The molecule has 1 heterocycles. The number of nitrogens with zero attached hydrogens (tertiary/aromatic N) is 1. The summed E-state index contributed by atoms with van der Waals surface area (Å²) in [6.07, 6.45) is 6.31. The summed E-state index contributed by atoms with van der Waals surface area (Å²) in [5.41, 5.74) is 1.27. The zero-order valence-electron chi connectivity index (χ0n) is 25.9. The molecule has 1 fully saturated rings. The van der Waals surface area contributed by atoms with Crippen LogP contribution < -0.4 is 4.74 Å². The Bertz CT molecular complexity index is 1430. The number of hydroxylamine groups is 2. The molecule has 0 bridgehead atoms. The van der Waals surface area contributed by atoms with Gasteiger partial charge in [0.25, 0.3) is 11.8 Å². The van der Waals surface area contributed by atoms with E-state index in [0.29, 0.717) is 16.2 Å². The van der Waals surface area contributed by atoms with Gasteiger partial charge in [0.1, 0.15) is 19.7 Å². The van der Waals surface area contributed by atoms with Crippen LogP contribution >= 0.6 is 12.5 Å². The highest BCUT2D eigenvalue weighted by Crippen LogP contribution is 2.16. The minimum atomic E-state index is -1.19. The molecule has 1 aliphatic rings. The van der Waals surface area contributed by atoms with E-state index in [2.05, 4.69) is 11.3 Å². The maximum atomic E-state index is 11.4. The number of amides is 2. The number of phenolic OH excluding ortho intramolecular Hbond substituents is 2. The number of thiol groups is 1. The van der Waals surface area contributed by atoms with Crippen molar-refractivity contribution in [1.29, 1.82) is 1.12 Å². The molecule has 0 aliphatic carbocycles. The number of hydrogen-bond acceptors (Lipinski definition) is 11. The molecule has 232 valence electrons. The summed E-state index contributed by atoms with van der Waals surface area (Å²) in [7, 11) is 0. The molecule has 3 aromatic carbocycles. The van der Waals surface area contributed by atoms with Gasteiger partial charge in [-0.15, -0.1) is 12.8 Å².